The Labute approximate surface area is 192 Å². The molecule has 0 spiro atoms. The van der Waals surface area contributed by atoms with E-state index < -0.39 is 5.54 Å². The van der Waals surface area contributed by atoms with Crippen LogP contribution in [0.4, 0.5) is 0 Å². The van der Waals surface area contributed by atoms with Gasteiger partial charge in [-0.25, -0.2) is 0 Å². The lowest BCUT2D eigenvalue weighted by atomic mass is 9.64. The molecule has 1 aliphatic carbocycles. The number of fused-ring (bicyclic) bond motifs is 1. The zero-order valence-corrected chi connectivity index (χ0v) is 19.7. The van der Waals surface area contributed by atoms with Gasteiger partial charge in [0, 0.05) is 31.7 Å². The summed E-state index contributed by atoms with van der Waals surface area (Å²) in [7, 11) is 0. The van der Waals surface area contributed by atoms with Gasteiger partial charge in [0.25, 0.3) is 0 Å². The van der Waals surface area contributed by atoms with E-state index in [1.54, 1.807) is 0 Å². The number of rotatable bonds is 7. The molecule has 4 fully saturated rings. The second kappa shape index (κ2) is 8.64. The van der Waals surface area contributed by atoms with Gasteiger partial charge in [-0.3, -0.25) is 9.69 Å². The molecule has 1 amide bonds. The maximum absolute atomic E-state index is 13.6. The van der Waals surface area contributed by atoms with Crippen molar-refractivity contribution >= 4 is 5.91 Å². The number of benzene rings is 2. The van der Waals surface area contributed by atoms with Gasteiger partial charge in [0.15, 0.2) is 0 Å². The number of hydrogen-bond donors (Lipinski definition) is 2. The topological polar surface area (TPSA) is 44.4 Å². The van der Waals surface area contributed by atoms with Gasteiger partial charge in [-0.1, -0.05) is 74.0 Å². The van der Waals surface area contributed by atoms with Gasteiger partial charge < -0.3 is 10.6 Å². The first-order chi connectivity index (χ1) is 15.4. The first kappa shape index (κ1) is 21.7. The maximum atomic E-state index is 13.6. The SMILES string of the molecule is Cc1cccc(CNC(=O)C23CC4C(CN2)C(C3)N(CC(C)C)C4Cc2ccccc2)c1. The molecule has 2 N–H and O–H groups in total. The number of piperidine rings is 2. The molecule has 170 valence electrons. The van der Waals surface area contributed by atoms with Crippen molar-refractivity contribution in [2.24, 2.45) is 17.8 Å². The third-order valence-electron chi connectivity index (χ3n) is 8.04. The van der Waals surface area contributed by atoms with Crippen LogP contribution >= 0.6 is 0 Å². The lowest BCUT2D eigenvalue weighted by Crippen LogP contribution is -2.68. The van der Waals surface area contributed by atoms with E-state index in [0.717, 1.165) is 32.4 Å². The fraction of sp³-hybridized carbons (Fsp3) is 0.536. The van der Waals surface area contributed by atoms with Crippen molar-refractivity contribution in [3.8, 4) is 0 Å². The highest BCUT2D eigenvalue weighted by Crippen LogP contribution is 2.52. The molecule has 0 radical (unpaired) electrons. The van der Waals surface area contributed by atoms with Crippen LogP contribution in [0.1, 0.15) is 43.4 Å². The van der Waals surface area contributed by atoms with Crippen molar-refractivity contribution in [2.75, 3.05) is 13.1 Å². The molecule has 4 nitrogen and oxygen atoms in total. The minimum absolute atomic E-state index is 0.192. The Balaban J connectivity index is 1.36. The van der Waals surface area contributed by atoms with E-state index in [4.69, 9.17) is 0 Å². The summed E-state index contributed by atoms with van der Waals surface area (Å²) in [6, 6.07) is 20.4. The molecular formula is C28H37N3O. The molecule has 2 aromatic carbocycles. The summed E-state index contributed by atoms with van der Waals surface area (Å²) in [4.78, 5) is 16.3. The minimum Gasteiger partial charge on any atom is -0.350 e. The van der Waals surface area contributed by atoms with Crippen molar-refractivity contribution in [3.05, 3.63) is 71.3 Å². The summed E-state index contributed by atoms with van der Waals surface area (Å²) in [5, 5.41) is 6.98. The monoisotopic (exact) mass is 431 g/mol. The summed E-state index contributed by atoms with van der Waals surface area (Å²) in [5.74, 6) is 2.06. The molecule has 3 heterocycles. The van der Waals surface area contributed by atoms with Crippen LogP contribution in [0.2, 0.25) is 0 Å². The Kier molecular flexibility index (Phi) is 5.85. The highest BCUT2D eigenvalue weighted by atomic mass is 16.2. The molecule has 5 atom stereocenters. The molecule has 2 aromatic rings. The van der Waals surface area contributed by atoms with E-state index in [9.17, 15) is 4.79 Å². The van der Waals surface area contributed by atoms with Crippen molar-refractivity contribution in [3.63, 3.8) is 0 Å². The van der Waals surface area contributed by atoms with E-state index in [-0.39, 0.29) is 5.91 Å². The molecule has 1 saturated carbocycles. The van der Waals surface area contributed by atoms with Crippen molar-refractivity contribution in [1.82, 2.24) is 15.5 Å². The zero-order chi connectivity index (χ0) is 22.3. The van der Waals surface area contributed by atoms with Crippen LogP contribution in [-0.4, -0.2) is 41.5 Å². The summed E-state index contributed by atoms with van der Waals surface area (Å²) in [5.41, 5.74) is 3.40. The molecule has 3 saturated heterocycles. The Morgan fingerprint density at radius 1 is 1.09 bits per heavy atom. The lowest BCUT2D eigenvalue weighted by Gasteiger charge is -2.50. The van der Waals surface area contributed by atoms with Crippen LogP contribution in [0.5, 0.6) is 0 Å². The van der Waals surface area contributed by atoms with E-state index in [1.807, 2.05) is 0 Å². The molecule has 3 aliphatic heterocycles. The van der Waals surface area contributed by atoms with Gasteiger partial charge in [0.05, 0.1) is 5.54 Å². The first-order valence-electron chi connectivity index (χ1n) is 12.3. The molecule has 4 aliphatic rings. The first-order valence-corrected chi connectivity index (χ1v) is 12.3. The quantitative estimate of drug-likeness (QED) is 0.698. The van der Waals surface area contributed by atoms with Crippen molar-refractivity contribution < 1.29 is 4.79 Å². The fourth-order valence-corrected chi connectivity index (χ4v) is 6.71. The average Bonchev–Trinajstić information content (AvgIpc) is 2.99. The standard InChI is InChI=1S/C28H37N3O/c1-19(2)18-31-25(13-21-9-5-4-6-10-21)23-14-28(15-26(31)24(23)17-30-28)27(32)29-16-22-11-7-8-20(3)12-22/h4-12,19,23-26,30H,13-18H2,1-3H3,(H,29,32). The Morgan fingerprint density at radius 3 is 2.62 bits per heavy atom. The third-order valence-corrected chi connectivity index (χ3v) is 8.04. The van der Waals surface area contributed by atoms with E-state index in [1.165, 1.54) is 16.7 Å². The molecular weight excluding hydrogens is 394 g/mol. The van der Waals surface area contributed by atoms with Crippen LogP contribution in [0.15, 0.2) is 54.6 Å². The van der Waals surface area contributed by atoms with Gasteiger partial charge in [-0.2, -0.15) is 0 Å². The van der Waals surface area contributed by atoms with Crippen molar-refractivity contribution in [1.29, 1.82) is 0 Å². The van der Waals surface area contributed by atoms with Gasteiger partial charge in [-0.05, 0) is 55.1 Å². The van der Waals surface area contributed by atoms with E-state index in [2.05, 4.69) is 90.9 Å². The van der Waals surface area contributed by atoms with Crippen LogP contribution in [0.25, 0.3) is 0 Å². The van der Waals surface area contributed by atoms with Gasteiger partial charge in [-0.15, -0.1) is 0 Å². The largest absolute Gasteiger partial charge is 0.350 e. The average molecular weight is 432 g/mol. The second-order valence-corrected chi connectivity index (χ2v) is 10.8. The molecule has 4 heteroatoms. The number of amides is 1. The van der Waals surface area contributed by atoms with Crippen LogP contribution < -0.4 is 10.6 Å². The summed E-state index contributed by atoms with van der Waals surface area (Å²) >= 11 is 0. The predicted molar refractivity (Wildman–Crippen MR) is 129 cm³/mol. The highest BCUT2D eigenvalue weighted by molar-refractivity contribution is 5.87. The molecule has 32 heavy (non-hydrogen) atoms. The number of hydrogen-bond acceptors (Lipinski definition) is 3. The number of carbonyl (C=O) groups is 1. The summed E-state index contributed by atoms with van der Waals surface area (Å²) in [6.45, 7) is 9.43. The third kappa shape index (κ3) is 3.99. The highest BCUT2D eigenvalue weighted by Gasteiger charge is 2.62. The van der Waals surface area contributed by atoms with E-state index >= 15 is 0 Å². The van der Waals surface area contributed by atoms with Gasteiger partial charge in [0.1, 0.15) is 0 Å². The maximum Gasteiger partial charge on any atom is 0.240 e. The minimum atomic E-state index is -0.422. The summed E-state index contributed by atoms with van der Waals surface area (Å²) in [6.07, 6.45) is 2.98. The normalized spacial score (nSPS) is 31.2. The van der Waals surface area contributed by atoms with Gasteiger partial charge >= 0.3 is 0 Å². The summed E-state index contributed by atoms with van der Waals surface area (Å²) < 4.78 is 0. The number of likely N-dealkylation sites (tertiary alicyclic amines) is 1. The van der Waals surface area contributed by atoms with E-state index in [0.29, 0.717) is 36.4 Å². The molecule has 0 aromatic heterocycles. The smallest absolute Gasteiger partial charge is 0.240 e. The number of aryl methyl sites for hydroxylation is 1. The number of carbonyl (C=O) groups excluding carboxylic acids is 1. The second-order valence-electron chi connectivity index (χ2n) is 10.8. The lowest BCUT2D eigenvalue weighted by molar-refractivity contribution is -0.133. The molecule has 5 unspecified atom stereocenters. The Bertz CT molecular complexity index is 958. The van der Waals surface area contributed by atoms with Crippen LogP contribution in [-0.2, 0) is 17.8 Å². The Morgan fingerprint density at radius 2 is 1.88 bits per heavy atom. The molecule has 4 bridgehead atoms. The van der Waals surface area contributed by atoms with Crippen molar-refractivity contribution in [2.45, 2.75) is 64.2 Å². The predicted octanol–water partition coefficient (Wildman–Crippen LogP) is 3.93. The number of nitrogens with zero attached hydrogens (tertiary/aromatic N) is 1. The molecule has 6 rings (SSSR count). The Hall–Kier alpha value is -2.17. The number of nitrogens with one attached hydrogen (secondary N) is 2. The fourth-order valence-electron chi connectivity index (χ4n) is 6.71. The van der Waals surface area contributed by atoms with Crippen LogP contribution in [0, 0.1) is 24.7 Å². The van der Waals surface area contributed by atoms with Gasteiger partial charge in [0.2, 0.25) is 5.91 Å². The van der Waals surface area contributed by atoms with Crippen LogP contribution in [0.3, 0.4) is 0 Å². The zero-order valence-electron chi connectivity index (χ0n) is 19.7.